The normalized spacial score (nSPS) is 18.5. The summed E-state index contributed by atoms with van der Waals surface area (Å²) in [6.07, 6.45) is 4.26. The van der Waals surface area contributed by atoms with Gasteiger partial charge in [0.2, 0.25) is 0 Å². The summed E-state index contributed by atoms with van der Waals surface area (Å²) in [7, 11) is 0. The highest BCUT2D eigenvalue weighted by Gasteiger charge is 2.17. The lowest BCUT2D eigenvalue weighted by Gasteiger charge is -2.18. The monoisotopic (exact) mass is 298 g/mol. The number of carbonyl (C=O) groups excluding carboxylic acids is 1. The average molecular weight is 298 g/mol. The quantitative estimate of drug-likeness (QED) is 0.813. The number of thiophene rings is 1. The molecule has 0 bridgehead atoms. The van der Waals surface area contributed by atoms with E-state index in [4.69, 9.17) is 5.90 Å². The van der Waals surface area contributed by atoms with Crippen molar-refractivity contribution in [3.8, 4) is 0 Å². The lowest BCUT2D eigenvalue weighted by molar-refractivity contribution is -0.146. The van der Waals surface area contributed by atoms with Gasteiger partial charge in [0.1, 0.15) is 0 Å². The number of hydrogen-bond donors (Lipinski definition) is 2. The van der Waals surface area contributed by atoms with Crippen molar-refractivity contribution in [2.24, 2.45) is 5.90 Å². The SMILES string of the molecule is NOC(=O)CC(O)c1ccc(CN2CCCCCC2)s1. The van der Waals surface area contributed by atoms with Crippen molar-refractivity contribution in [3.05, 3.63) is 21.9 Å². The van der Waals surface area contributed by atoms with Crippen LogP contribution in [0, 0.1) is 0 Å². The molecule has 1 aromatic rings. The number of hydrogen-bond acceptors (Lipinski definition) is 6. The van der Waals surface area contributed by atoms with Gasteiger partial charge in [-0.15, -0.1) is 11.3 Å². The van der Waals surface area contributed by atoms with Gasteiger partial charge in [0.05, 0.1) is 12.5 Å². The van der Waals surface area contributed by atoms with Gasteiger partial charge < -0.3 is 9.94 Å². The summed E-state index contributed by atoms with van der Waals surface area (Å²) in [5, 5.41) is 9.93. The van der Waals surface area contributed by atoms with Crippen molar-refractivity contribution in [1.82, 2.24) is 4.90 Å². The minimum Gasteiger partial charge on any atom is -0.387 e. The molecule has 20 heavy (non-hydrogen) atoms. The van der Waals surface area contributed by atoms with Gasteiger partial charge in [-0.1, -0.05) is 12.8 Å². The van der Waals surface area contributed by atoms with Gasteiger partial charge in [-0.05, 0) is 38.1 Å². The number of nitrogens with two attached hydrogens (primary N) is 1. The van der Waals surface area contributed by atoms with Gasteiger partial charge >= 0.3 is 5.97 Å². The Morgan fingerprint density at radius 3 is 2.70 bits per heavy atom. The van der Waals surface area contributed by atoms with Crippen molar-refractivity contribution in [1.29, 1.82) is 0 Å². The first kappa shape index (κ1) is 15.4. The van der Waals surface area contributed by atoms with Gasteiger partial charge in [0.15, 0.2) is 0 Å². The number of aliphatic hydroxyl groups is 1. The third-order valence-corrected chi connectivity index (χ3v) is 4.75. The molecule has 5 nitrogen and oxygen atoms in total. The fourth-order valence-electron chi connectivity index (χ4n) is 2.48. The van der Waals surface area contributed by atoms with Crippen molar-refractivity contribution < 1.29 is 14.7 Å². The second-order valence-electron chi connectivity index (χ2n) is 5.20. The average Bonchev–Trinajstić information content (AvgIpc) is 2.75. The van der Waals surface area contributed by atoms with E-state index < -0.39 is 12.1 Å². The van der Waals surface area contributed by atoms with Crippen molar-refractivity contribution in [2.75, 3.05) is 13.1 Å². The zero-order chi connectivity index (χ0) is 14.4. The highest BCUT2D eigenvalue weighted by atomic mass is 32.1. The molecule has 2 rings (SSSR count). The first-order valence-electron chi connectivity index (χ1n) is 7.07. The van der Waals surface area contributed by atoms with Crippen LogP contribution in [0.4, 0.5) is 0 Å². The molecule has 0 amide bonds. The van der Waals surface area contributed by atoms with Gasteiger partial charge in [-0.25, -0.2) is 0 Å². The fourth-order valence-corrected chi connectivity index (χ4v) is 3.52. The van der Waals surface area contributed by atoms with E-state index in [-0.39, 0.29) is 6.42 Å². The largest absolute Gasteiger partial charge is 0.387 e. The molecule has 1 atom stereocenters. The molecule has 1 aromatic heterocycles. The Hall–Kier alpha value is -0.950. The van der Waals surface area contributed by atoms with Crippen LogP contribution < -0.4 is 5.90 Å². The van der Waals surface area contributed by atoms with Crippen molar-refractivity contribution in [2.45, 2.75) is 44.8 Å². The Kier molecular flexibility index (Phi) is 5.97. The van der Waals surface area contributed by atoms with Crippen molar-refractivity contribution in [3.63, 3.8) is 0 Å². The maximum atomic E-state index is 11.0. The number of aliphatic hydroxyl groups excluding tert-OH is 1. The molecule has 3 N–H and O–H groups in total. The number of likely N-dealkylation sites (tertiary alicyclic amines) is 1. The molecule has 0 spiro atoms. The smallest absolute Gasteiger partial charge is 0.327 e. The van der Waals surface area contributed by atoms with Crippen LogP contribution in [0.15, 0.2) is 12.1 Å². The standard InChI is InChI=1S/C14H22N2O3S/c15-19-14(18)9-12(17)13-6-5-11(20-13)10-16-7-3-1-2-4-8-16/h5-6,12,17H,1-4,7-10,15H2. The predicted molar refractivity (Wildman–Crippen MR) is 77.9 cm³/mol. The van der Waals surface area contributed by atoms with Crippen LogP contribution in [-0.4, -0.2) is 29.1 Å². The van der Waals surface area contributed by atoms with Gasteiger partial charge in [0, 0.05) is 16.3 Å². The molecule has 1 unspecified atom stereocenters. The molecule has 2 heterocycles. The van der Waals surface area contributed by atoms with Crippen molar-refractivity contribution >= 4 is 17.3 Å². The summed E-state index contributed by atoms with van der Waals surface area (Å²) in [4.78, 5) is 19.6. The summed E-state index contributed by atoms with van der Waals surface area (Å²) in [5.74, 6) is 4.18. The van der Waals surface area contributed by atoms with E-state index >= 15 is 0 Å². The lowest BCUT2D eigenvalue weighted by Crippen LogP contribution is -2.23. The lowest BCUT2D eigenvalue weighted by atomic mass is 10.2. The molecular formula is C14H22N2O3S. The number of nitrogens with zero attached hydrogens (tertiary/aromatic N) is 1. The maximum absolute atomic E-state index is 11.0. The maximum Gasteiger partial charge on any atom is 0.327 e. The van der Waals surface area contributed by atoms with Crippen LogP contribution >= 0.6 is 11.3 Å². The van der Waals surface area contributed by atoms with E-state index in [0.717, 1.165) is 24.5 Å². The number of carbonyl (C=O) groups is 1. The third kappa shape index (κ3) is 4.56. The van der Waals surface area contributed by atoms with E-state index in [1.807, 2.05) is 12.1 Å². The molecule has 1 aliphatic heterocycles. The highest BCUT2D eigenvalue weighted by molar-refractivity contribution is 7.12. The van der Waals surface area contributed by atoms with Crippen LogP contribution in [0.2, 0.25) is 0 Å². The number of rotatable bonds is 5. The Balaban J connectivity index is 1.89. The molecular weight excluding hydrogens is 276 g/mol. The molecule has 1 saturated heterocycles. The molecule has 0 aliphatic carbocycles. The topological polar surface area (TPSA) is 75.8 Å². The zero-order valence-corrected chi connectivity index (χ0v) is 12.4. The zero-order valence-electron chi connectivity index (χ0n) is 11.6. The second-order valence-corrected chi connectivity index (χ2v) is 6.40. The molecule has 0 aromatic carbocycles. The van der Waals surface area contributed by atoms with Crippen LogP contribution in [-0.2, 0) is 16.2 Å². The molecule has 0 saturated carbocycles. The third-order valence-electron chi connectivity index (χ3n) is 3.58. The van der Waals surface area contributed by atoms with Gasteiger partial charge in [-0.3, -0.25) is 9.69 Å². The molecule has 112 valence electrons. The van der Waals surface area contributed by atoms with E-state index in [2.05, 4.69) is 9.74 Å². The van der Waals surface area contributed by atoms with Crippen LogP contribution in [0.25, 0.3) is 0 Å². The highest BCUT2D eigenvalue weighted by Crippen LogP contribution is 2.27. The Morgan fingerprint density at radius 1 is 1.35 bits per heavy atom. The summed E-state index contributed by atoms with van der Waals surface area (Å²) in [5.41, 5.74) is 0. The van der Waals surface area contributed by atoms with Gasteiger partial charge in [-0.2, -0.15) is 5.90 Å². The second kappa shape index (κ2) is 7.73. The molecule has 1 fully saturated rings. The Labute approximate surface area is 123 Å². The molecule has 1 aliphatic rings. The predicted octanol–water partition coefficient (Wildman–Crippen LogP) is 1.96. The minimum absolute atomic E-state index is 0.0971. The van der Waals surface area contributed by atoms with E-state index in [9.17, 15) is 9.90 Å². The summed E-state index contributed by atoms with van der Waals surface area (Å²) in [6, 6.07) is 3.91. The molecule has 6 heteroatoms. The summed E-state index contributed by atoms with van der Waals surface area (Å²) >= 11 is 1.55. The van der Waals surface area contributed by atoms with Crippen LogP contribution in [0.1, 0.15) is 48.0 Å². The van der Waals surface area contributed by atoms with E-state index in [0.29, 0.717) is 0 Å². The van der Waals surface area contributed by atoms with E-state index in [1.165, 1.54) is 30.6 Å². The Morgan fingerprint density at radius 2 is 2.05 bits per heavy atom. The van der Waals surface area contributed by atoms with Crippen LogP contribution in [0.3, 0.4) is 0 Å². The summed E-state index contributed by atoms with van der Waals surface area (Å²) in [6.45, 7) is 3.23. The van der Waals surface area contributed by atoms with E-state index in [1.54, 1.807) is 11.3 Å². The first-order chi connectivity index (χ1) is 9.69. The fraction of sp³-hybridized carbons (Fsp3) is 0.643. The Bertz CT molecular complexity index is 428. The first-order valence-corrected chi connectivity index (χ1v) is 7.89. The summed E-state index contributed by atoms with van der Waals surface area (Å²) < 4.78 is 0. The van der Waals surface area contributed by atoms with Gasteiger partial charge in [0.25, 0.3) is 0 Å². The van der Waals surface area contributed by atoms with Crippen LogP contribution in [0.5, 0.6) is 0 Å². The molecule has 0 radical (unpaired) electrons. The minimum atomic E-state index is -0.825.